The van der Waals surface area contributed by atoms with E-state index in [-0.39, 0.29) is 0 Å². The summed E-state index contributed by atoms with van der Waals surface area (Å²) in [6.45, 7) is 4.98. The average molecular weight is 339 g/mol. The van der Waals surface area contributed by atoms with Gasteiger partial charge >= 0.3 is 12.2 Å². The van der Waals surface area contributed by atoms with E-state index in [0.717, 1.165) is 15.6 Å². The number of anilines is 1. The van der Waals surface area contributed by atoms with Gasteiger partial charge in [-0.05, 0) is 19.3 Å². The van der Waals surface area contributed by atoms with Crippen molar-refractivity contribution in [2.45, 2.75) is 39.5 Å². The molecule has 1 aromatic rings. The molecule has 0 fully saturated rings. The van der Waals surface area contributed by atoms with Gasteiger partial charge < -0.3 is 10.0 Å². The molecule has 0 spiro atoms. The molecule has 126 valence electrons. The van der Waals surface area contributed by atoms with Crippen LogP contribution in [0.1, 0.15) is 24.5 Å². The highest BCUT2D eigenvalue weighted by molar-refractivity contribution is 7.16. The molecule has 0 bridgehead atoms. The monoisotopic (exact) mass is 339 g/mol. The number of likely N-dealkylation sites (N-methyl/N-ethyl adjacent to an activating group) is 1. The molecule has 22 heavy (non-hydrogen) atoms. The van der Waals surface area contributed by atoms with Gasteiger partial charge in [-0.3, -0.25) is 5.32 Å². The van der Waals surface area contributed by atoms with Gasteiger partial charge in [0, 0.05) is 7.05 Å². The molecule has 0 saturated heterocycles. The second kappa shape index (κ2) is 7.28. The Kier molecular flexibility index (Phi) is 6.18. The van der Waals surface area contributed by atoms with Crippen molar-refractivity contribution in [2.24, 2.45) is 5.92 Å². The lowest BCUT2D eigenvalue weighted by molar-refractivity contribution is -0.205. The Labute approximate surface area is 131 Å². The first kappa shape index (κ1) is 18.7. The van der Waals surface area contributed by atoms with E-state index in [0.29, 0.717) is 17.3 Å². The Bertz CT molecular complexity index is 517. The van der Waals surface area contributed by atoms with Gasteiger partial charge in [0.1, 0.15) is 5.00 Å². The zero-order chi connectivity index (χ0) is 17.1. The molecular weight excluding hydrogens is 319 g/mol. The van der Waals surface area contributed by atoms with Crippen molar-refractivity contribution < 1.29 is 23.1 Å². The summed E-state index contributed by atoms with van der Waals surface area (Å²) in [6, 6.07) is -0.711. The normalized spacial score (nSPS) is 13.3. The van der Waals surface area contributed by atoms with Gasteiger partial charge in [0.2, 0.25) is 0 Å². The number of urea groups is 1. The lowest BCUT2D eigenvalue weighted by atomic mass is 10.1. The molecule has 1 rings (SSSR count). The average Bonchev–Trinajstić information content (AvgIpc) is 2.66. The lowest BCUT2D eigenvalue weighted by Crippen LogP contribution is -2.43. The SMILES string of the molecule is Cc1nc(CC(C)C)c(NC(=O)N(C)C[C@@H](O)C(F)(F)F)s1. The van der Waals surface area contributed by atoms with Gasteiger partial charge in [-0.2, -0.15) is 13.2 Å². The van der Waals surface area contributed by atoms with Crippen molar-refractivity contribution in [3.8, 4) is 0 Å². The number of carbonyl (C=O) groups excluding carboxylic acids is 1. The number of aliphatic hydroxyl groups is 1. The Morgan fingerprint density at radius 1 is 1.45 bits per heavy atom. The van der Waals surface area contributed by atoms with Crippen LogP contribution in [0.25, 0.3) is 0 Å². The molecule has 0 saturated carbocycles. The summed E-state index contributed by atoms with van der Waals surface area (Å²) in [6.07, 6.45) is -6.66. The molecule has 0 aliphatic carbocycles. The van der Waals surface area contributed by atoms with Gasteiger partial charge in [0.05, 0.1) is 17.2 Å². The number of aliphatic hydroxyl groups excluding tert-OH is 1. The zero-order valence-corrected chi connectivity index (χ0v) is 13.7. The van der Waals surface area contributed by atoms with Crippen LogP contribution < -0.4 is 5.32 Å². The third kappa shape index (κ3) is 5.45. The van der Waals surface area contributed by atoms with Crippen LogP contribution in [0.3, 0.4) is 0 Å². The van der Waals surface area contributed by atoms with E-state index >= 15 is 0 Å². The summed E-state index contributed by atoms with van der Waals surface area (Å²) in [5, 5.41) is 12.8. The molecule has 0 aliphatic rings. The summed E-state index contributed by atoms with van der Waals surface area (Å²) >= 11 is 1.27. The minimum atomic E-state index is -4.75. The maximum absolute atomic E-state index is 12.3. The van der Waals surface area contributed by atoms with Crippen molar-refractivity contribution in [3.05, 3.63) is 10.7 Å². The number of thiazole rings is 1. The van der Waals surface area contributed by atoms with E-state index in [1.807, 2.05) is 13.8 Å². The number of halogens is 3. The first-order chi connectivity index (χ1) is 10.0. The second-order valence-corrected chi connectivity index (χ2v) is 6.68. The van der Waals surface area contributed by atoms with Crippen molar-refractivity contribution >= 4 is 22.4 Å². The van der Waals surface area contributed by atoms with Crippen molar-refractivity contribution in [3.63, 3.8) is 0 Å². The number of alkyl halides is 3. The van der Waals surface area contributed by atoms with Crippen LogP contribution in [0.5, 0.6) is 0 Å². The summed E-state index contributed by atoms with van der Waals surface area (Å²) in [4.78, 5) is 17.1. The van der Waals surface area contributed by atoms with Crippen LogP contribution in [0, 0.1) is 12.8 Å². The number of amides is 2. The topological polar surface area (TPSA) is 65.5 Å². The van der Waals surface area contributed by atoms with Crippen LogP contribution >= 0.6 is 11.3 Å². The minimum Gasteiger partial charge on any atom is -0.382 e. The van der Waals surface area contributed by atoms with E-state index in [1.165, 1.54) is 18.4 Å². The molecule has 1 aromatic heterocycles. The van der Waals surface area contributed by atoms with Gasteiger partial charge in [0.25, 0.3) is 0 Å². The standard InChI is InChI=1S/C13H20F3N3O2S/c1-7(2)5-9-11(22-8(3)17-9)18-12(21)19(4)6-10(20)13(14,15)16/h7,10,20H,5-6H2,1-4H3,(H,18,21)/t10-/m1/s1. The van der Waals surface area contributed by atoms with Crippen molar-refractivity contribution in [2.75, 3.05) is 18.9 Å². The number of nitrogens with one attached hydrogen (secondary N) is 1. The van der Waals surface area contributed by atoms with Crippen LogP contribution in [0.15, 0.2) is 0 Å². The highest BCUT2D eigenvalue weighted by Gasteiger charge is 2.39. The van der Waals surface area contributed by atoms with E-state index in [1.54, 1.807) is 6.92 Å². The van der Waals surface area contributed by atoms with Crippen molar-refractivity contribution in [1.29, 1.82) is 0 Å². The molecular formula is C13H20F3N3O2S. The lowest BCUT2D eigenvalue weighted by Gasteiger charge is -2.22. The van der Waals surface area contributed by atoms with Gasteiger partial charge in [-0.1, -0.05) is 13.8 Å². The number of hydrogen-bond acceptors (Lipinski definition) is 4. The number of aryl methyl sites for hydroxylation is 1. The van der Waals surface area contributed by atoms with E-state index in [2.05, 4.69) is 10.3 Å². The highest BCUT2D eigenvalue weighted by atomic mass is 32.1. The molecule has 9 heteroatoms. The highest BCUT2D eigenvalue weighted by Crippen LogP contribution is 2.27. The van der Waals surface area contributed by atoms with Crippen LogP contribution in [-0.2, 0) is 6.42 Å². The smallest absolute Gasteiger partial charge is 0.382 e. The predicted molar refractivity (Wildman–Crippen MR) is 79.1 cm³/mol. The molecule has 1 atom stereocenters. The molecule has 0 aromatic carbocycles. The van der Waals surface area contributed by atoms with Crippen molar-refractivity contribution in [1.82, 2.24) is 9.88 Å². The Morgan fingerprint density at radius 3 is 2.55 bits per heavy atom. The fourth-order valence-corrected chi connectivity index (χ4v) is 2.57. The number of carbonyl (C=O) groups is 1. The Balaban J connectivity index is 2.72. The third-order valence-corrected chi connectivity index (χ3v) is 3.73. The van der Waals surface area contributed by atoms with E-state index < -0.39 is 24.9 Å². The molecule has 2 N–H and O–H groups in total. The maximum Gasteiger partial charge on any atom is 0.416 e. The summed E-state index contributed by atoms with van der Waals surface area (Å²) in [7, 11) is 1.19. The quantitative estimate of drug-likeness (QED) is 0.866. The Hall–Kier alpha value is -1.35. The van der Waals surface area contributed by atoms with E-state index in [4.69, 9.17) is 5.11 Å². The van der Waals surface area contributed by atoms with E-state index in [9.17, 15) is 18.0 Å². The molecule has 5 nitrogen and oxygen atoms in total. The largest absolute Gasteiger partial charge is 0.416 e. The number of nitrogens with zero attached hydrogens (tertiary/aromatic N) is 2. The second-order valence-electron chi connectivity index (χ2n) is 5.47. The van der Waals surface area contributed by atoms with Gasteiger partial charge in [0.15, 0.2) is 6.10 Å². The predicted octanol–water partition coefficient (Wildman–Crippen LogP) is 3.04. The number of rotatable bonds is 5. The fourth-order valence-electron chi connectivity index (χ4n) is 1.73. The molecule has 1 heterocycles. The molecule has 0 radical (unpaired) electrons. The summed E-state index contributed by atoms with van der Waals surface area (Å²) in [5.74, 6) is 0.335. The first-order valence-electron chi connectivity index (χ1n) is 6.74. The molecule has 2 amide bonds. The zero-order valence-electron chi connectivity index (χ0n) is 12.9. The fraction of sp³-hybridized carbons (Fsp3) is 0.692. The summed E-state index contributed by atoms with van der Waals surface area (Å²) < 4.78 is 36.9. The third-order valence-electron chi connectivity index (χ3n) is 2.80. The number of aromatic nitrogens is 1. The van der Waals surface area contributed by atoms with Gasteiger partial charge in [-0.25, -0.2) is 9.78 Å². The van der Waals surface area contributed by atoms with Crippen LogP contribution in [-0.4, -0.2) is 46.9 Å². The van der Waals surface area contributed by atoms with Crippen LogP contribution in [0.4, 0.5) is 23.0 Å². The Morgan fingerprint density at radius 2 is 2.05 bits per heavy atom. The molecule has 0 unspecified atom stereocenters. The van der Waals surface area contributed by atoms with Crippen LogP contribution in [0.2, 0.25) is 0 Å². The molecule has 0 aliphatic heterocycles. The first-order valence-corrected chi connectivity index (χ1v) is 7.55. The van der Waals surface area contributed by atoms with Gasteiger partial charge in [-0.15, -0.1) is 11.3 Å². The number of hydrogen-bond donors (Lipinski definition) is 2. The minimum absolute atomic E-state index is 0.335. The summed E-state index contributed by atoms with van der Waals surface area (Å²) in [5.41, 5.74) is 0.718. The maximum atomic E-state index is 12.3.